The summed E-state index contributed by atoms with van der Waals surface area (Å²) in [5, 5.41) is 10.5. The Morgan fingerprint density at radius 3 is 2.62 bits per heavy atom. The fourth-order valence-corrected chi connectivity index (χ4v) is 1.77. The lowest BCUT2D eigenvalue weighted by atomic mass is 10.2. The van der Waals surface area contributed by atoms with E-state index in [9.17, 15) is 4.79 Å². The molecule has 0 radical (unpaired) electrons. The normalized spacial score (nSPS) is 10.1. The van der Waals surface area contributed by atoms with E-state index < -0.39 is 5.97 Å². The SMILES string of the molecule is Cc1ccc(Oc2nc(C(=O)O)cs2)cc1. The molecule has 1 heterocycles. The first-order valence-corrected chi connectivity index (χ1v) is 5.46. The van der Waals surface area contributed by atoms with E-state index in [-0.39, 0.29) is 5.69 Å². The van der Waals surface area contributed by atoms with Crippen molar-refractivity contribution < 1.29 is 14.6 Å². The van der Waals surface area contributed by atoms with Crippen molar-refractivity contribution in [2.75, 3.05) is 0 Å². The number of aromatic nitrogens is 1. The van der Waals surface area contributed by atoms with Gasteiger partial charge in [-0.25, -0.2) is 4.79 Å². The van der Waals surface area contributed by atoms with Crippen LogP contribution in [0.1, 0.15) is 16.1 Å². The summed E-state index contributed by atoms with van der Waals surface area (Å²) in [6.45, 7) is 1.98. The van der Waals surface area contributed by atoms with Gasteiger partial charge in [-0.05, 0) is 19.1 Å². The smallest absolute Gasteiger partial charge is 0.355 e. The number of hydrogen-bond acceptors (Lipinski definition) is 4. The van der Waals surface area contributed by atoms with Crippen LogP contribution in [0.15, 0.2) is 29.6 Å². The van der Waals surface area contributed by atoms with Crippen molar-refractivity contribution in [3.8, 4) is 10.9 Å². The van der Waals surface area contributed by atoms with Gasteiger partial charge in [0.1, 0.15) is 5.75 Å². The molecule has 1 N–H and O–H groups in total. The molecule has 2 rings (SSSR count). The Morgan fingerprint density at radius 1 is 1.38 bits per heavy atom. The standard InChI is InChI=1S/C11H9NO3S/c1-7-2-4-8(5-3-7)15-11-12-9(6-16-11)10(13)14/h2-6H,1H3,(H,13,14). The van der Waals surface area contributed by atoms with Crippen molar-refractivity contribution in [1.29, 1.82) is 0 Å². The van der Waals surface area contributed by atoms with Crippen LogP contribution in [0, 0.1) is 6.92 Å². The molecule has 0 amide bonds. The minimum atomic E-state index is -1.05. The van der Waals surface area contributed by atoms with Crippen LogP contribution < -0.4 is 4.74 Å². The third-order valence-electron chi connectivity index (χ3n) is 1.93. The summed E-state index contributed by atoms with van der Waals surface area (Å²) in [5.74, 6) is -0.396. The van der Waals surface area contributed by atoms with Gasteiger partial charge in [0.15, 0.2) is 5.69 Å². The molecule has 1 aromatic carbocycles. The van der Waals surface area contributed by atoms with Crippen molar-refractivity contribution >= 4 is 17.3 Å². The van der Waals surface area contributed by atoms with Crippen LogP contribution >= 0.6 is 11.3 Å². The predicted molar refractivity (Wildman–Crippen MR) is 60.3 cm³/mol. The summed E-state index contributed by atoms with van der Waals surface area (Å²) < 4.78 is 5.41. The number of thiazole rings is 1. The molecule has 82 valence electrons. The zero-order valence-electron chi connectivity index (χ0n) is 8.51. The van der Waals surface area contributed by atoms with Gasteiger partial charge >= 0.3 is 5.97 Å². The molecule has 4 nitrogen and oxygen atoms in total. The van der Waals surface area contributed by atoms with E-state index in [1.54, 1.807) is 0 Å². The first kappa shape index (κ1) is 10.6. The number of hydrogen-bond donors (Lipinski definition) is 1. The molecule has 0 aliphatic heterocycles. The minimum Gasteiger partial charge on any atom is -0.476 e. The second kappa shape index (κ2) is 4.32. The fraction of sp³-hybridized carbons (Fsp3) is 0.0909. The third kappa shape index (κ3) is 2.38. The predicted octanol–water partition coefficient (Wildman–Crippen LogP) is 2.94. The van der Waals surface area contributed by atoms with Crippen LogP contribution in [0.4, 0.5) is 0 Å². The first-order valence-electron chi connectivity index (χ1n) is 4.58. The maximum atomic E-state index is 10.6. The summed E-state index contributed by atoms with van der Waals surface area (Å²) in [5.41, 5.74) is 1.14. The van der Waals surface area contributed by atoms with Crippen LogP contribution in [0.25, 0.3) is 0 Å². The van der Waals surface area contributed by atoms with Crippen molar-refractivity contribution in [2.45, 2.75) is 6.92 Å². The van der Waals surface area contributed by atoms with E-state index in [2.05, 4.69) is 4.98 Å². The van der Waals surface area contributed by atoms with E-state index in [0.717, 1.165) is 16.9 Å². The molecule has 5 heteroatoms. The number of carbonyl (C=O) groups is 1. The van der Waals surface area contributed by atoms with Gasteiger partial charge in [0, 0.05) is 5.38 Å². The largest absolute Gasteiger partial charge is 0.476 e. The lowest BCUT2D eigenvalue weighted by Crippen LogP contribution is -1.95. The van der Waals surface area contributed by atoms with Gasteiger partial charge in [0.2, 0.25) is 0 Å². The molecule has 0 saturated heterocycles. The summed E-state index contributed by atoms with van der Waals surface area (Å²) in [4.78, 5) is 14.4. The summed E-state index contributed by atoms with van der Waals surface area (Å²) in [7, 11) is 0. The van der Waals surface area contributed by atoms with E-state index in [0.29, 0.717) is 10.9 Å². The molecule has 1 aromatic heterocycles. The van der Waals surface area contributed by atoms with Gasteiger partial charge in [0.05, 0.1) is 0 Å². The van der Waals surface area contributed by atoms with Crippen molar-refractivity contribution in [3.05, 3.63) is 40.9 Å². The Balaban J connectivity index is 2.14. The van der Waals surface area contributed by atoms with Gasteiger partial charge < -0.3 is 9.84 Å². The number of aromatic carboxylic acids is 1. The Hall–Kier alpha value is -1.88. The van der Waals surface area contributed by atoms with Crippen LogP contribution in [-0.4, -0.2) is 16.1 Å². The highest BCUT2D eigenvalue weighted by molar-refractivity contribution is 7.11. The van der Waals surface area contributed by atoms with Gasteiger partial charge in [-0.1, -0.05) is 29.0 Å². The zero-order valence-corrected chi connectivity index (χ0v) is 9.32. The number of ether oxygens (including phenoxy) is 1. The first-order chi connectivity index (χ1) is 7.65. The molecule has 0 saturated carbocycles. The summed E-state index contributed by atoms with van der Waals surface area (Å²) >= 11 is 1.16. The lowest BCUT2D eigenvalue weighted by molar-refractivity contribution is 0.0690. The van der Waals surface area contributed by atoms with Crippen molar-refractivity contribution in [2.24, 2.45) is 0 Å². The number of carboxylic acid groups (broad SMARTS) is 1. The Morgan fingerprint density at radius 2 is 2.06 bits per heavy atom. The zero-order chi connectivity index (χ0) is 11.5. The molecule has 0 aliphatic rings. The Labute approximate surface area is 96.1 Å². The van der Waals surface area contributed by atoms with Crippen LogP contribution in [0.2, 0.25) is 0 Å². The number of nitrogens with zero attached hydrogens (tertiary/aromatic N) is 1. The van der Waals surface area contributed by atoms with Gasteiger partial charge in [0.25, 0.3) is 5.19 Å². The summed E-state index contributed by atoms with van der Waals surface area (Å²) in [6, 6.07) is 7.47. The second-order valence-corrected chi connectivity index (χ2v) is 4.04. The molecule has 0 unspecified atom stereocenters. The molecule has 2 aromatic rings. The molecular formula is C11H9NO3S. The number of benzene rings is 1. The quantitative estimate of drug-likeness (QED) is 0.888. The monoisotopic (exact) mass is 235 g/mol. The highest BCUT2D eigenvalue weighted by Crippen LogP contribution is 2.25. The highest BCUT2D eigenvalue weighted by atomic mass is 32.1. The van der Waals surface area contributed by atoms with Crippen LogP contribution in [0.5, 0.6) is 10.9 Å². The average molecular weight is 235 g/mol. The second-order valence-electron chi connectivity index (χ2n) is 3.22. The maximum Gasteiger partial charge on any atom is 0.355 e. The molecule has 0 bridgehead atoms. The van der Waals surface area contributed by atoms with E-state index in [4.69, 9.17) is 9.84 Å². The minimum absolute atomic E-state index is 0.00658. The lowest BCUT2D eigenvalue weighted by Gasteiger charge is -2.00. The Bertz CT molecular complexity index is 504. The maximum absolute atomic E-state index is 10.6. The van der Waals surface area contributed by atoms with Crippen LogP contribution in [-0.2, 0) is 0 Å². The van der Waals surface area contributed by atoms with Gasteiger partial charge in [-0.3, -0.25) is 0 Å². The van der Waals surface area contributed by atoms with E-state index >= 15 is 0 Å². The molecule has 0 aliphatic carbocycles. The van der Waals surface area contributed by atoms with Crippen LogP contribution in [0.3, 0.4) is 0 Å². The third-order valence-corrected chi connectivity index (χ3v) is 2.65. The molecule has 0 atom stereocenters. The van der Waals surface area contributed by atoms with Gasteiger partial charge in [-0.2, -0.15) is 4.98 Å². The highest BCUT2D eigenvalue weighted by Gasteiger charge is 2.09. The van der Waals surface area contributed by atoms with E-state index in [1.165, 1.54) is 5.38 Å². The van der Waals surface area contributed by atoms with Gasteiger partial charge in [-0.15, -0.1) is 0 Å². The molecule has 16 heavy (non-hydrogen) atoms. The van der Waals surface area contributed by atoms with Crippen molar-refractivity contribution in [1.82, 2.24) is 4.98 Å². The topological polar surface area (TPSA) is 59.4 Å². The van der Waals surface area contributed by atoms with E-state index in [1.807, 2.05) is 31.2 Å². The average Bonchev–Trinajstić information content (AvgIpc) is 2.70. The molecule has 0 fully saturated rings. The molecular weight excluding hydrogens is 226 g/mol. The number of aryl methyl sites for hydroxylation is 1. The number of carboxylic acids is 1. The number of rotatable bonds is 3. The summed E-state index contributed by atoms with van der Waals surface area (Å²) in [6.07, 6.45) is 0. The molecule has 0 spiro atoms. The fourth-order valence-electron chi connectivity index (χ4n) is 1.11. The Kier molecular flexibility index (Phi) is 2.87. The van der Waals surface area contributed by atoms with Crippen molar-refractivity contribution in [3.63, 3.8) is 0 Å².